The molecule has 0 fully saturated rings. The molecule has 0 aliphatic carbocycles. The van der Waals surface area contributed by atoms with Gasteiger partial charge < -0.3 is 10.5 Å². The number of hydrogen-bond donors (Lipinski definition) is 3. The number of alkyl halides is 6. The number of carbonyl (C=O) groups is 1. The Bertz CT molecular complexity index is 546. The zero-order chi connectivity index (χ0) is 17.1. The van der Waals surface area contributed by atoms with Gasteiger partial charge in [-0.2, -0.15) is 26.3 Å². The van der Waals surface area contributed by atoms with Gasteiger partial charge in [0.05, 0.1) is 16.3 Å². The smallest absolute Gasteiger partial charge is 0.416 e. The highest BCUT2D eigenvalue weighted by atomic mass is 35.5. The van der Waals surface area contributed by atoms with E-state index in [4.69, 9.17) is 16.7 Å². The molecular weight excluding hydrogens is 342 g/mol. The zero-order valence-corrected chi connectivity index (χ0v) is 11.3. The van der Waals surface area contributed by atoms with Crippen LogP contribution in [0.4, 0.5) is 32.0 Å². The predicted octanol–water partition coefficient (Wildman–Crippen LogP) is 3.54. The first-order valence-electron chi connectivity index (χ1n) is 5.58. The van der Waals surface area contributed by atoms with Crippen LogP contribution in [-0.2, 0) is 11.0 Å². The number of carboxylic acid groups (broad SMARTS) is 1. The molecule has 0 heterocycles. The molecule has 0 spiro atoms. The summed E-state index contributed by atoms with van der Waals surface area (Å²) in [4.78, 5) is 10.5. The van der Waals surface area contributed by atoms with Crippen molar-refractivity contribution in [1.29, 1.82) is 0 Å². The van der Waals surface area contributed by atoms with Gasteiger partial charge in [0, 0.05) is 6.54 Å². The summed E-state index contributed by atoms with van der Waals surface area (Å²) in [6.07, 6.45) is -9.66. The van der Waals surface area contributed by atoms with Crippen LogP contribution in [0.1, 0.15) is 5.56 Å². The van der Waals surface area contributed by atoms with E-state index in [2.05, 4.69) is 0 Å². The van der Waals surface area contributed by atoms with Crippen LogP contribution in [0, 0.1) is 5.92 Å². The molecule has 1 aromatic rings. The maximum absolute atomic E-state index is 12.5. The first-order valence-corrected chi connectivity index (χ1v) is 5.96. The van der Waals surface area contributed by atoms with Crippen molar-refractivity contribution >= 4 is 23.3 Å². The van der Waals surface area contributed by atoms with Crippen molar-refractivity contribution in [3.8, 4) is 0 Å². The van der Waals surface area contributed by atoms with Gasteiger partial charge in [-0.1, -0.05) is 11.6 Å². The number of nitrogens with one attached hydrogen (secondary N) is 2. The fourth-order valence-corrected chi connectivity index (χ4v) is 1.55. The number of hydrazine groups is 1. The zero-order valence-electron chi connectivity index (χ0n) is 10.5. The monoisotopic (exact) mass is 350 g/mol. The second kappa shape index (κ2) is 6.61. The van der Waals surface area contributed by atoms with Gasteiger partial charge in [-0.3, -0.25) is 4.79 Å². The Morgan fingerprint density at radius 2 is 1.82 bits per heavy atom. The predicted molar refractivity (Wildman–Crippen MR) is 65.3 cm³/mol. The molecule has 0 aliphatic rings. The minimum Gasteiger partial charge on any atom is -0.481 e. The minimum atomic E-state index is -5.00. The summed E-state index contributed by atoms with van der Waals surface area (Å²) in [5.41, 5.74) is 2.55. The number of halogens is 7. The molecular formula is C11H9ClF6N2O2. The molecule has 1 unspecified atom stereocenters. The van der Waals surface area contributed by atoms with Crippen molar-refractivity contribution in [1.82, 2.24) is 5.43 Å². The molecule has 1 rings (SSSR count). The quantitative estimate of drug-likeness (QED) is 0.561. The van der Waals surface area contributed by atoms with Gasteiger partial charge in [0.15, 0.2) is 5.92 Å². The Balaban J connectivity index is 2.78. The lowest BCUT2D eigenvalue weighted by atomic mass is 10.1. The molecule has 0 bridgehead atoms. The highest BCUT2D eigenvalue weighted by Crippen LogP contribution is 2.33. The lowest BCUT2D eigenvalue weighted by Gasteiger charge is -2.18. The Kier molecular flexibility index (Phi) is 5.52. The normalized spacial score (nSPS) is 13.8. The molecule has 0 aromatic heterocycles. The van der Waals surface area contributed by atoms with E-state index in [1.807, 2.05) is 10.9 Å². The Morgan fingerprint density at radius 1 is 1.23 bits per heavy atom. The van der Waals surface area contributed by atoms with Crippen LogP contribution in [0.2, 0.25) is 5.02 Å². The SMILES string of the molecule is O=C(O)C(CNNc1cc(C(F)(F)F)ccc1Cl)C(F)(F)F. The molecule has 1 aromatic carbocycles. The Hall–Kier alpha value is -1.68. The molecule has 0 saturated carbocycles. The molecule has 0 saturated heterocycles. The highest BCUT2D eigenvalue weighted by Gasteiger charge is 2.44. The van der Waals surface area contributed by atoms with Crippen LogP contribution in [-0.4, -0.2) is 23.8 Å². The van der Waals surface area contributed by atoms with Crippen LogP contribution < -0.4 is 10.9 Å². The average Bonchev–Trinajstić information content (AvgIpc) is 2.32. The van der Waals surface area contributed by atoms with Gasteiger partial charge in [-0.15, -0.1) is 0 Å². The molecule has 22 heavy (non-hydrogen) atoms. The number of aliphatic carboxylic acids is 1. The van der Waals surface area contributed by atoms with E-state index < -0.39 is 36.3 Å². The van der Waals surface area contributed by atoms with E-state index in [0.29, 0.717) is 12.1 Å². The van der Waals surface area contributed by atoms with Gasteiger partial charge in [-0.25, -0.2) is 5.43 Å². The van der Waals surface area contributed by atoms with Crippen molar-refractivity contribution in [3.05, 3.63) is 28.8 Å². The average molecular weight is 351 g/mol. The summed E-state index contributed by atoms with van der Waals surface area (Å²) in [5.74, 6) is -4.83. The van der Waals surface area contributed by atoms with Crippen LogP contribution in [0.15, 0.2) is 18.2 Å². The molecule has 1 atom stereocenters. The van der Waals surface area contributed by atoms with Crippen molar-refractivity contribution in [2.45, 2.75) is 12.4 Å². The third-order valence-corrected chi connectivity index (χ3v) is 2.85. The van der Waals surface area contributed by atoms with E-state index in [0.717, 1.165) is 6.07 Å². The van der Waals surface area contributed by atoms with E-state index in [-0.39, 0.29) is 10.7 Å². The number of rotatable bonds is 5. The van der Waals surface area contributed by atoms with Crippen LogP contribution in [0.5, 0.6) is 0 Å². The van der Waals surface area contributed by atoms with E-state index >= 15 is 0 Å². The summed E-state index contributed by atoms with van der Waals surface area (Å²) in [5, 5.41) is 8.27. The fraction of sp³-hybridized carbons (Fsp3) is 0.364. The Labute approximate surface area is 125 Å². The molecule has 4 nitrogen and oxygen atoms in total. The fourth-order valence-electron chi connectivity index (χ4n) is 1.39. The van der Waals surface area contributed by atoms with Crippen LogP contribution >= 0.6 is 11.6 Å². The third-order valence-electron chi connectivity index (χ3n) is 2.52. The first-order chi connectivity index (χ1) is 9.93. The topological polar surface area (TPSA) is 61.4 Å². The van der Waals surface area contributed by atoms with Crippen LogP contribution in [0.25, 0.3) is 0 Å². The van der Waals surface area contributed by atoms with Crippen molar-refractivity contribution < 1.29 is 36.2 Å². The summed E-state index contributed by atoms with van der Waals surface area (Å²) in [6.45, 7) is -1.09. The summed E-state index contributed by atoms with van der Waals surface area (Å²) >= 11 is 5.61. The van der Waals surface area contributed by atoms with Crippen molar-refractivity contribution in [2.75, 3.05) is 12.0 Å². The summed E-state index contributed by atoms with van der Waals surface area (Å²) in [6, 6.07) is 2.19. The molecule has 3 N–H and O–H groups in total. The van der Waals surface area contributed by atoms with Crippen LogP contribution in [0.3, 0.4) is 0 Å². The minimum absolute atomic E-state index is 0.181. The number of anilines is 1. The third kappa shape index (κ3) is 4.95. The standard InChI is InChI=1S/C11H9ClF6N2O2/c12-7-2-1-5(10(13,14)15)3-8(7)20-19-4-6(9(21)22)11(16,17)18/h1-3,6,19-20H,4H2,(H,21,22). The number of hydrogen-bond acceptors (Lipinski definition) is 3. The highest BCUT2D eigenvalue weighted by molar-refractivity contribution is 6.33. The lowest BCUT2D eigenvalue weighted by molar-refractivity contribution is -0.192. The summed E-state index contributed by atoms with van der Waals surface area (Å²) < 4.78 is 74.6. The van der Waals surface area contributed by atoms with E-state index in [1.165, 1.54) is 0 Å². The maximum atomic E-state index is 12.5. The van der Waals surface area contributed by atoms with Gasteiger partial charge in [0.1, 0.15) is 0 Å². The number of benzene rings is 1. The molecule has 0 amide bonds. The first kappa shape index (κ1) is 18.4. The van der Waals surface area contributed by atoms with E-state index in [9.17, 15) is 31.1 Å². The summed E-state index contributed by atoms with van der Waals surface area (Å²) in [7, 11) is 0. The van der Waals surface area contributed by atoms with Crippen molar-refractivity contribution in [2.24, 2.45) is 5.92 Å². The van der Waals surface area contributed by atoms with Gasteiger partial charge in [0.25, 0.3) is 0 Å². The van der Waals surface area contributed by atoms with Gasteiger partial charge in [-0.05, 0) is 18.2 Å². The maximum Gasteiger partial charge on any atom is 0.416 e. The van der Waals surface area contributed by atoms with Gasteiger partial charge >= 0.3 is 18.3 Å². The molecule has 0 radical (unpaired) electrons. The van der Waals surface area contributed by atoms with E-state index in [1.54, 1.807) is 0 Å². The largest absolute Gasteiger partial charge is 0.481 e. The number of carboxylic acids is 1. The van der Waals surface area contributed by atoms with Gasteiger partial charge in [0.2, 0.25) is 0 Å². The molecule has 124 valence electrons. The lowest BCUT2D eigenvalue weighted by Crippen LogP contribution is -2.41. The molecule has 11 heteroatoms. The van der Waals surface area contributed by atoms with Crippen molar-refractivity contribution in [3.63, 3.8) is 0 Å². The molecule has 0 aliphatic heterocycles. The Morgan fingerprint density at radius 3 is 2.27 bits per heavy atom. The second-order valence-electron chi connectivity index (χ2n) is 4.13. The second-order valence-corrected chi connectivity index (χ2v) is 4.54.